The summed E-state index contributed by atoms with van der Waals surface area (Å²) in [6, 6.07) is 21.9. The molecule has 0 saturated heterocycles. The second-order valence-electron chi connectivity index (χ2n) is 8.95. The highest BCUT2D eigenvalue weighted by atomic mass is 32.2. The summed E-state index contributed by atoms with van der Waals surface area (Å²) in [6.45, 7) is 0. The smallest absolute Gasteiger partial charge is 0.264 e. The molecule has 4 aromatic rings. The molecule has 0 saturated carbocycles. The van der Waals surface area contributed by atoms with E-state index < -0.39 is 10.0 Å². The Morgan fingerprint density at radius 3 is 2.51 bits per heavy atom. The van der Waals surface area contributed by atoms with Crippen LogP contribution < -0.4 is 10.0 Å². The molecule has 0 bridgehead atoms. The summed E-state index contributed by atoms with van der Waals surface area (Å²) < 4.78 is 27.4. The fraction of sp³-hybridized carbons (Fsp3) is 0.179. The highest BCUT2D eigenvalue weighted by Gasteiger charge is 2.23. The van der Waals surface area contributed by atoms with Gasteiger partial charge in [0.25, 0.3) is 10.0 Å². The van der Waals surface area contributed by atoms with Crippen molar-refractivity contribution in [1.29, 1.82) is 5.26 Å². The molecule has 1 atom stereocenters. The summed E-state index contributed by atoms with van der Waals surface area (Å²) in [5.74, 6) is 0.134. The number of hydrogen-bond acceptors (Lipinski definition) is 8. The van der Waals surface area contributed by atoms with Crippen LogP contribution in [0.3, 0.4) is 0 Å². The van der Waals surface area contributed by atoms with E-state index >= 15 is 0 Å². The van der Waals surface area contributed by atoms with Crippen LogP contribution in [0, 0.1) is 11.3 Å². The van der Waals surface area contributed by atoms with Gasteiger partial charge < -0.3 is 5.32 Å². The van der Waals surface area contributed by atoms with Gasteiger partial charge in [0.2, 0.25) is 11.9 Å². The second-order valence-corrected chi connectivity index (χ2v) is 11.6. The van der Waals surface area contributed by atoms with Crippen LogP contribution in [0.15, 0.2) is 89.0 Å². The number of rotatable bonds is 8. The number of aromatic nitrogens is 3. The zero-order valence-electron chi connectivity index (χ0n) is 20.7. The van der Waals surface area contributed by atoms with E-state index in [-0.39, 0.29) is 22.5 Å². The molecule has 2 aromatic carbocycles. The van der Waals surface area contributed by atoms with E-state index in [0.717, 1.165) is 30.5 Å². The zero-order valence-corrected chi connectivity index (χ0v) is 22.4. The van der Waals surface area contributed by atoms with E-state index in [0.29, 0.717) is 22.2 Å². The molecule has 9 nitrogen and oxygen atoms in total. The summed E-state index contributed by atoms with van der Waals surface area (Å²) in [7, 11) is -3.87. The summed E-state index contributed by atoms with van der Waals surface area (Å²) in [4.78, 5) is 25.1. The average Bonchev–Trinajstić information content (AvgIpc) is 2.96. The van der Waals surface area contributed by atoms with Crippen molar-refractivity contribution in [3.63, 3.8) is 0 Å². The van der Waals surface area contributed by atoms with E-state index in [2.05, 4.69) is 38.2 Å². The van der Waals surface area contributed by atoms with Gasteiger partial charge in [0.05, 0.1) is 16.2 Å². The number of fused-ring (bicyclic) bond motifs is 1. The number of nitrogens with one attached hydrogen (secondary N) is 2. The quantitative estimate of drug-likeness (QED) is 0.302. The number of aryl methyl sites for hydroxylation is 1. The third kappa shape index (κ3) is 6.42. The lowest BCUT2D eigenvalue weighted by atomic mass is 9.82. The Balaban J connectivity index is 1.20. The Morgan fingerprint density at radius 1 is 1.05 bits per heavy atom. The number of sulfonamides is 1. The van der Waals surface area contributed by atoms with E-state index in [4.69, 9.17) is 4.98 Å². The monoisotopic (exact) mass is 556 g/mol. The number of benzene rings is 2. The number of thioether (sulfide) groups is 1. The summed E-state index contributed by atoms with van der Waals surface area (Å²) in [5, 5.41) is 13.0. The van der Waals surface area contributed by atoms with Gasteiger partial charge in [-0.3, -0.25) is 4.79 Å². The Kier molecular flexibility index (Phi) is 7.86. The van der Waals surface area contributed by atoms with Crippen LogP contribution in [0.5, 0.6) is 0 Å². The van der Waals surface area contributed by atoms with Gasteiger partial charge in [0.1, 0.15) is 11.1 Å². The number of hydrogen-bond donors (Lipinski definition) is 2. The Labute approximate surface area is 230 Å². The average molecular weight is 557 g/mol. The number of carbonyl (C=O) groups is 1. The summed E-state index contributed by atoms with van der Waals surface area (Å²) in [5.41, 5.74) is 4.27. The number of carbonyl (C=O) groups excluding carboxylic acids is 1. The first-order valence-corrected chi connectivity index (χ1v) is 14.7. The van der Waals surface area contributed by atoms with Gasteiger partial charge in [-0.25, -0.2) is 28.1 Å². The molecule has 0 aliphatic heterocycles. The van der Waals surface area contributed by atoms with Gasteiger partial charge in [-0.2, -0.15) is 5.26 Å². The molecule has 1 unspecified atom stereocenters. The fourth-order valence-corrected chi connectivity index (χ4v) is 6.16. The van der Waals surface area contributed by atoms with Crippen LogP contribution in [0.1, 0.15) is 34.7 Å². The van der Waals surface area contributed by atoms with Gasteiger partial charge in [-0.1, -0.05) is 42.1 Å². The molecule has 196 valence electrons. The third-order valence-electron chi connectivity index (χ3n) is 6.32. The van der Waals surface area contributed by atoms with Crippen LogP contribution in [0.2, 0.25) is 0 Å². The van der Waals surface area contributed by atoms with Crippen molar-refractivity contribution in [1.82, 2.24) is 15.0 Å². The zero-order chi connectivity index (χ0) is 27.2. The SMILES string of the molecule is N#Cc1cc2c(nc1SCC(=O)Nc1ccc(S(=O)(=O)Nc3ncccn3)cc1)CCC(c1ccccc1)C2. The van der Waals surface area contributed by atoms with Crippen LogP contribution in [0.4, 0.5) is 11.6 Å². The maximum Gasteiger partial charge on any atom is 0.264 e. The fourth-order valence-electron chi connectivity index (χ4n) is 4.42. The van der Waals surface area contributed by atoms with Gasteiger partial charge in [-0.15, -0.1) is 0 Å². The number of pyridine rings is 1. The van der Waals surface area contributed by atoms with E-state index in [1.54, 1.807) is 6.07 Å². The second kappa shape index (κ2) is 11.6. The van der Waals surface area contributed by atoms with Gasteiger partial charge in [0, 0.05) is 23.8 Å². The van der Waals surface area contributed by atoms with Crippen molar-refractivity contribution in [2.24, 2.45) is 0 Å². The number of nitrogens with zero attached hydrogens (tertiary/aromatic N) is 4. The third-order valence-corrected chi connectivity index (χ3v) is 8.66. The first kappa shape index (κ1) is 26.3. The molecule has 11 heteroatoms. The predicted molar refractivity (Wildman–Crippen MR) is 149 cm³/mol. The van der Waals surface area contributed by atoms with Crippen molar-refractivity contribution >= 4 is 39.3 Å². The van der Waals surface area contributed by atoms with Crippen molar-refractivity contribution < 1.29 is 13.2 Å². The molecule has 1 aliphatic carbocycles. The first-order valence-electron chi connectivity index (χ1n) is 12.2. The topological polar surface area (TPSA) is 138 Å². The molecule has 1 aliphatic rings. The molecular weight excluding hydrogens is 532 g/mol. The molecule has 1 amide bonds. The van der Waals surface area contributed by atoms with Crippen molar-refractivity contribution in [2.45, 2.75) is 35.1 Å². The lowest BCUT2D eigenvalue weighted by Gasteiger charge is -2.25. The van der Waals surface area contributed by atoms with Crippen LogP contribution in [-0.2, 0) is 27.7 Å². The van der Waals surface area contributed by atoms with Crippen molar-refractivity contribution in [2.75, 3.05) is 15.8 Å². The van der Waals surface area contributed by atoms with Crippen molar-refractivity contribution in [3.8, 4) is 6.07 Å². The largest absolute Gasteiger partial charge is 0.325 e. The summed E-state index contributed by atoms with van der Waals surface area (Å²) in [6.07, 6.45) is 5.51. The molecule has 5 rings (SSSR count). The van der Waals surface area contributed by atoms with Crippen molar-refractivity contribution in [3.05, 3.63) is 102 Å². The number of anilines is 2. The normalized spacial score (nSPS) is 14.6. The first-order chi connectivity index (χ1) is 18.9. The van der Waals surface area contributed by atoms with E-state index in [1.807, 2.05) is 24.3 Å². The predicted octanol–water partition coefficient (Wildman–Crippen LogP) is 4.55. The van der Waals surface area contributed by atoms with E-state index in [9.17, 15) is 18.5 Å². The molecule has 39 heavy (non-hydrogen) atoms. The van der Waals surface area contributed by atoms with E-state index in [1.165, 1.54) is 54.0 Å². The highest BCUT2D eigenvalue weighted by molar-refractivity contribution is 8.00. The lowest BCUT2D eigenvalue weighted by Crippen LogP contribution is -2.17. The Bertz CT molecular complexity index is 1620. The summed E-state index contributed by atoms with van der Waals surface area (Å²) >= 11 is 1.21. The molecule has 2 heterocycles. The minimum absolute atomic E-state index is 0.00810. The Hall–Kier alpha value is -4.27. The highest BCUT2D eigenvalue weighted by Crippen LogP contribution is 2.34. The standard InChI is InChI=1S/C28H24N6O3S2/c29-17-22-16-21-15-20(19-5-2-1-3-6-19)7-12-25(21)33-27(22)38-18-26(35)32-23-8-10-24(11-9-23)39(36,37)34-28-30-13-4-14-31-28/h1-6,8-11,13-14,16,20H,7,12,15,18H2,(H,32,35)(H,30,31,34). The van der Waals surface area contributed by atoms with Gasteiger partial charge >= 0.3 is 0 Å². The molecule has 0 radical (unpaired) electrons. The lowest BCUT2D eigenvalue weighted by molar-refractivity contribution is -0.113. The van der Waals surface area contributed by atoms with Crippen LogP contribution in [-0.4, -0.2) is 35.0 Å². The molecule has 2 N–H and O–H groups in total. The maximum atomic E-state index is 12.6. The molecule has 2 aromatic heterocycles. The number of nitriles is 1. The van der Waals surface area contributed by atoms with Crippen LogP contribution in [0.25, 0.3) is 0 Å². The molecule has 0 spiro atoms. The Morgan fingerprint density at radius 2 is 1.79 bits per heavy atom. The minimum atomic E-state index is -3.87. The van der Waals surface area contributed by atoms with Crippen LogP contribution >= 0.6 is 11.8 Å². The maximum absolute atomic E-state index is 12.6. The number of amides is 1. The molecular formula is C28H24N6O3S2. The van der Waals surface area contributed by atoms with Gasteiger partial charge in [0.15, 0.2) is 0 Å². The minimum Gasteiger partial charge on any atom is -0.325 e. The molecule has 0 fully saturated rings. The van der Waals surface area contributed by atoms with Gasteiger partial charge in [-0.05, 0) is 72.7 Å².